The van der Waals surface area contributed by atoms with Crippen molar-refractivity contribution in [3.8, 4) is 0 Å². The lowest BCUT2D eigenvalue weighted by Gasteiger charge is -2.06. The molecule has 0 aliphatic rings. The third-order valence-electron chi connectivity index (χ3n) is 1.77. The standard InChI is InChI=1S/C10H21ClO/c1-9(2)7-5-4-6-8-12-10(3)11/h9-10H,4-8H2,1-3H3. The zero-order valence-corrected chi connectivity index (χ0v) is 9.23. The fraction of sp³-hybridized carbons (Fsp3) is 1.00. The first-order chi connectivity index (χ1) is 5.63. The van der Waals surface area contributed by atoms with Gasteiger partial charge in [-0.2, -0.15) is 0 Å². The maximum Gasteiger partial charge on any atom is 0.128 e. The molecule has 0 amide bonds. The van der Waals surface area contributed by atoms with Crippen LogP contribution in [0.1, 0.15) is 46.5 Å². The zero-order chi connectivity index (χ0) is 9.40. The van der Waals surface area contributed by atoms with Gasteiger partial charge in [0.2, 0.25) is 0 Å². The molecule has 0 heterocycles. The first-order valence-electron chi connectivity index (χ1n) is 4.88. The topological polar surface area (TPSA) is 9.23 Å². The molecule has 0 saturated heterocycles. The number of alkyl halides is 1. The van der Waals surface area contributed by atoms with E-state index in [2.05, 4.69) is 13.8 Å². The van der Waals surface area contributed by atoms with Crippen molar-refractivity contribution in [2.24, 2.45) is 5.92 Å². The van der Waals surface area contributed by atoms with Crippen LogP contribution in [-0.4, -0.2) is 12.2 Å². The molecular weight excluding hydrogens is 172 g/mol. The lowest BCUT2D eigenvalue weighted by Crippen LogP contribution is -2.01. The summed E-state index contributed by atoms with van der Waals surface area (Å²) in [6.45, 7) is 7.19. The first kappa shape index (κ1) is 12.2. The highest BCUT2D eigenvalue weighted by Crippen LogP contribution is 2.08. The van der Waals surface area contributed by atoms with Crippen LogP contribution in [0.3, 0.4) is 0 Å². The molecule has 0 N–H and O–H groups in total. The van der Waals surface area contributed by atoms with Crippen LogP contribution in [0.25, 0.3) is 0 Å². The molecule has 0 aromatic heterocycles. The van der Waals surface area contributed by atoms with Gasteiger partial charge in [-0.3, -0.25) is 0 Å². The van der Waals surface area contributed by atoms with E-state index in [4.69, 9.17) is 16.3 Å². The summed E-state index contributed by atoms with van der Waals surface area (Å²) < 4.78 is 5.21. The maximum atomic E-state index is 5.62. The molecule has 1 atom stereocenters. The minimum absolute atomic E-state index is 0.130. The average Bonchev–Trinajstić information content (AvgIpc) is 1.95. The van der Waals surface area contributed by atoms with Crippen LogP contribution in [0.15, 0.2) is 0 Å². The van der Waals surface area contributed by atoms with Gasteiger partial charge < -0.3 is 4.74 Å². The molecule has 0 aliphatic carbocycles. The van der Waals surface area contributed by atoms with Crippen molar-refractivity contribution in [2.75, 3.05) is 6.61 Å². The molecule has 0 saturated carbocycles. The third-order valence-corrected chi connectivity index (χ3v) is 1.90. The van der Waals surface area contributed by atoms with E-state index in [1.807, 2.05) is 6.92 Å². The monoisotopic (exact) mass is 192 g/mol. The minimum Gasteiger partial charge on any atom is -0.363 e. The van der Waals surface area contributed by atoms with Crippen molar-refractivity contribution in [3.05, 3.63) is 0 Å². The molecule has 0 rings (SSSR count). The Balaban J connectivity index is 2.91. The van der Waals surface area contributed by atoms with E-state index in [9.17, 15) is 0 Å². The molecule has 0 radical (unpaired) electrons. The van der Waals surface area contributed by atoms with Gasteiger partial charge in [-0.15, -0.1) is 0 Å². The number of rotatable bonds is 7. The van der Waals surface area contributed by atoms with Gasteiger partial charge in [-0.05, 0) is 19.3 Å². The van der Waals surface area contributed by atoms with Gasteiger partial charge in [0.25, 0.3) is 0 Å². The highest BCUT2D eigenvalue weighted by Gasteiger charge is 1.96. The number of halogens is 1. The van der Waals surface area contributed by atoms with Crippen molar-refractivity contribution in [2.45, 2.75) is 52.0 Å². The lowest BCUT2D eigenvalue weighted by molar-refractivity contribution is 0.115. The summed E-state index contributed by atoms with van der Waals surface area (Å²) in [5, 5.41) is 0. The molecule has 0 bridgehead atoms. The molecule has 1 nitrogen and oxygen atoms in total. The average molecular weight is 193 g/mol. The summed E-state index contributed by atoms with van der Waals surface area (Å²) >= 11 is 5.62. The molecule has 1 unspecified atom stereocenters. The van der Waals surface area contributed by atoms with Crippen LogP contribution in [0.5, 0.6) is 0 Å². The predicted molar refractivity (Wildman–Crippen MR) is 54.6 cm³/mol. The Hall–Kier alpha value is 0.250. The van der Waals surface area contributed by atoms with Crippen LogP contribution in [0.2, 0.25) is 0 Å². The summed E-state index contributed by atoms with van der Waals surface area (Å²) in [5.74, 6) is 0.831. The fourth-order valence-corrected chi connectivity index (χ4v) is 1.17. The van der Waals surface area contributed by atoms with Gasteiger partial charge in [0.05, 0.1) is 0 Å². The number of hydrogen-bond acceptors (Lipinski definition) is 1. The quantitative estimate of drug-likeness (QED) is 0.441. The van der Waals surface area contributed by atoms with Crippen molar-refractivity contribution in [1.82, 2.24) is 0 Å². The second kappa shape index (κ2) is 7.88. The van der Waals surface area contributed by atoms with E-state index in [1.165, 1.54) is 19.3 Å². The second-order valence-electron chi connectivity index (χ2n) is 3.66. The Morgan fingerprint density at radius 2 is 1.75 bits per heavy atom. The van der Waals surface area contributed by atoms with E-state index in [0.29, 0.717) is 0 Å². The van der Waals surface area contributed by atoms with E-state index >= 15 is 0 Å². The molecule has 0 fully saturated rings. The van der Waals surface area contributed by atoms with E-state index in [0.717, 1.165) is 18.9 Å². The molecule has 2 heteroatoms. The molecule has 74 valence electrons. The normalized spacial score (nSPS) is 13.8. The van der Waals surface area contributed by atoms with Gasteiger partial charge in [0.1, 0.15) is 5.56 Å². The summed E-state index contributed by atoms with van der Waals surface area (Å²) in [6.07, 6.45) is 5.06. The van der Waals surface area contributed by atoms with E-state index in [1.54, 1.807) is 0 Å². The van der Waals surface area contributed by atoms with Gasteiger partial charge >= 0.3 is 0 Å². The smallest absolute Gasteiger partial charge is 0.128 e. The molecule has 0 aromatic rings. The van der Waals surface area contributed by atoms with Crippen LogP contribution in [0.4, 0.5) is 0 Å². The summed E-state index contributed by atoms with van der Waals surface area (Å²) in [5.41, 5.74) is -0.130. The Labute approximate surface area is 81.4 Å². The Bertz CT molecular complexity index is 79.8. The molecule has 0 aromatic carbocycles. The lowest BCUT2D eigenvalue weighted by atomic mass is 10.1. The molecule has 0 spiro atoms. The fourth-order valence-electron chi connectivity index (χ4n) is 1.08. The predicted octanol–water partition coefficient (Wildman–Crippen LogP) is 3.80. The second-order valence-corrected chi connectivity index (χ2v) is 4.27. The van der Waals surface area contributed by atoms with Crippen LogP contribution >= 0.6 is 11.6 Å². The number of ether oxygens (including phenoxy) is 1. The minimum atomic E-state index is -0.130. The number of hydrogen-bond donors (Lipinski definition) is 0. The van der Waals surface area contributed by atoms with Crippen LogP contribution < -0.4 is 0 Å². The van der Waals surface area contributed by atoms with Gasteiger partial charge in [-0.1, -0.05) is 44.7 Å². The highest BCUT2D eigenvalue weighted by molar-refractivity contribution is 6.19. The third kappa shape index (κ3) is 10.2. The van der Waals surface area contributed by atoms with E-state index in [-0.39, 0.29) is 5.56 Å². The van der Waals surface area contributed by atoms with Crippen molar-refractivity contribution < 1.29 is 4.74 Å². The van der Waals surface area contributed by atoms with Crippen molar-refractivity contribution in [3.63, 3.8) is 0 Å². The zero-order valence-electron chi connectivity index (χ0n) is 8.48. The summed E-state index contributed by atoms with van der Waals surface area (Å²) in [6, 6.07) is 0. The first-order valence-corrected chi connectivity index (χ1v) is 5.32. The van der Waals surface area contributed by atoms with Crippen LogP contribution in [0, 0.1) is 5.92 Å². The van der Waals surface area contributed by atoms with Gasteiger partial charge in [-0.25, -0.2) is 0 Å². The largest absolute Gasteiger partial charge is 0.363 e. The SMILES string of the molecule is CC(C)CCCCCOC(C)Cl. The Kier molecular flexibility index (Phi) is 8.04. The summed E-state index contributed by atoms with van der Waals surface area (Å²) in [7, 11) is 0. The molecule has 12 heavy (non-hydrogen) atoms. The van der Waals surface area contributed by atoms with Gasteiger partial charge in [0, 0.05) is 6.61 Å². The number of unbranched alkanes of at least 4 members (excludes halogenated alkanes) is 2. The van der Waals surface area contributed by atoms with Crippen molar-refractivity contribution in [1.29, 1.82) is 0 Å². The van der Waals surface area contributed by atoms with Crippen molar-refractivity contribution >= 4 is 11.6 Å². The van der Waals surface area contributed by atoms with E-state index < -0.39 is 0 Å². The van der Waals surface area contributed by atoms with Crippen LogP contribution in [-0.2, 0) is 4.74 Å². The maximum absolute atomic E-state index is 5.62. The molecular formula is C10H21ClO. The van der Waals surface area contributed by atoms with Gasteiger partial charge in [0.15, 0.2) is 0 Å². The summed E-state index contributed by atoms with van der Waals surface area (Å²) in [4.78, 5) is 0. The molecule has 0 aliphatic heterocycles. The highest BCUT2D eigenvalue weighted by atomic mass is 35.5. The Morgan fingerprint density at radius 3 is 2.25 bits per heavy atom. The Morgan fingerprint density at radius 1 is 1.08 bits per heavy atom.